The molecule has 2 aromatic carbocycles. The second kappa shape index (κ2) is 12.5. The highest BCUT2D eigenvalue weighted by Gasteiger charge is 2.26. The van der Waals surface area contributed by atoms with E-state index < -0.39 is 34.5 Å². The van der Waals surface area contributed by atoms with Gasteiger partial charge in [-0.15, -0.1) is 0 Å². The number of carbonyl (C=O) groups is 2. The molecule has 1 heterocycles. The largest absolute Gasteiger partial charge is 0.491 e. The summed E-state index contributed by atoms with van der Waals surface area (Å²) in [5.41, 5.74) is 0.286. The first kappa shape index (κ1) is 25.6. The lowest BCUT2D eigenvalue weighted by atomic mass is 10.1. The van der Waals surface area contributed by atoms with Crippen LogP contribution in [0.15, 0.2) is 59.5 Å². The minimum atomic E-state index is -4.05. The Kier molecular flexibility index (Phi) is 9.40. The number of hydrogen-bond donors (Lipinski definition) is 4. The van der Waals surface area contributed by atoms with Crippen molar-refractivity contribution in [1.29, 1.82) is 0 Å². The van der Waals surface area contributed by atoms with Gasteiger partial charge in [-0.05, 0) is 62.3 Å². The first-order valence-corrected chi connectivity index (χ1v) is 12.5. The van der Waals surface area contributed by atoms with Crippen molar-refractivity contribution in [2.45, 2.75) is 29.9 Å². The molecule has 1 atom stereocenters. The number of nitrogens with one attached hydrogen (secondary N) is 3. The van der Waals surface area contributed by atoms with Crippen molar-refractivity contribution >= 4 is 21.9 Å². The maximum Gasteiger partial charge on any atom is 0.323 e. The normalized spacial score (nSPS) is 15.4. The highest BCUT2D eigenvalue weighted by atomic mass is 32.2. The molecule has 3 rings (SSSR count). The molecule has 34 heavy (non-hydrogen) atoms. The Morgan fingerprint density at radius 3 is 2.35 bits per heavy atom. The summed E-state index contributed by atoms with van der Waals surface area (Å²) in [6, 6.07) is 12.2. The molecular formula is C23H29N3O7S. The van der Waals surface area contributed by atoms with Gasteiger partial charge in [0.05, 0.1) is 17.6 Å². The van der Waals surface area contributed by atoms with Crippen LogP contribution in [0.2, 0.25) is 0 Å². The van der Waals surface area contributed by atoms with Crippen molar-refractivity contribution in [3.05, 3.63) is 60.2 Å². The third-order valence-electron chi connectivity index (χ3n) is 5.22. The number of sulfonamides is 1. The molecule has 1 aliphatic rings. The Morgan fingerprint density at radius 2 is 1.71 bits per heavy atom. The summed E-state index contributed by atoms with van der Waals surface area (Å²) >= 11 is 0. The Bertz CT molecular complexity index is 1040. The fraction of sp³-hybridized carbons (Fsp3) is 0.391. The number of rotatable bonds is 12. The standard InChI is InChI=1S/C23H29N3O7S/c27-22(25-16-21(23(28)29)26-34(30,31)20-4-2-1-3-5-20)17-6-8-18(9-7-17)32-14-15-33-19-10-12-24-13-11-19/h1-9,19,21,24,26H,10-16H2,(H,25,27)(H,28,29)/t21-/m0/s1. The van der Waals surface area contributed by atoms with Gasteiger partial charge in [0.25, 0.3) is 5.91 Å². The molecule has 0 aliphatic carbocycles. The maximum absolute atomic E-state index is 12.4. The maximum atomic E-state index is 12.4. The van der Waals surface area contributed by atoms with E-state index in [2.05, 4.69) is 15.4 Å². The third kappa shape index (κ3) is 7.80. The molecule has 1 saturated heterocycles. The summed E-state index contributed by atoms with van der Waals surface area (Å²) in [6.45, 7) is 2.36. The Balaban J connectivity index is 1.45. The number of hydrogen-bond acceptors (Lipinski definition) is 7. The van der Waals surface area contributed by atoms with Crippen LogP contribution in [0.25, 0.3) is 0 Å². The monoisotopic (exact) mass is 491 g/mol. The molecule has 10 nitrogen and oxygen atoms in total. The van der Waals surface area contributed by atoms with E-state index in [1.165, 1.54) is 24.3 Å². The molecule has 0 unspecified atom stereocenters. The van der Waals surface area contributed by atoms with Crippen LogP contribution in [-0.2, 0) is 19.6 Å². The van der Waals surface area contributed by atoms with Gasteiger partial charge >= 0.3 is 5.97 Å². The fourth-order valence-corrected chi connectivity index (χ4v) is 4.58. The predicted molar refractivity (Wildman–Crippen MR) is 124 cm³/mol. The van der Waals surface area contributed by atoms with Crippen LogP contribution in [-0.4, -0.2) is 70.4 Å². The van der Waals surface area contributed by atoms with Gasteiger partial charge in [0, 0.05) is 12.1 Å². The highest BCUT2D eigenvalue weighted by Crippen LogP contribution is 2.13. The Morgan fingerprint density at radius 1 is 1.03 bits per heavy atom. The van der Waals surface area contributed by atoms with Crippen molar-refractivity contribution in [2.75, 3.05) is 32.8 Å². The van der Waals surface area contributed by atoms with Crippen LogP contribution < -0.4 is 20.1 Å². The molecular weight excluding hydrogens is 462 g/mol. The average molecular weight is 492 g/mol. The van der Waals surface area contributed by atoms with E-state index in [9.17, 15) is 23.1 Å². The van der Waals surface area contributed by atoms with Gasteiger partial charge in [0.1, 0.15) is 18.4 Å². The lowest BCUT2D eigenvalue weighted by Crippen LogP contribution is -2.48. The van der Waals surface area contributed by atoms with Crippen LogP contribution in [0.4, 0.5) is 0 Å². The van der Waals surface area contributed by atoms with Gasteiger partial charge in [-0.25, -0.2) is 8.42 Å². The highest BCUT2D eigenvalue weighted by molar-refractivity contribution is 7.89. The number of piperidine rings is 1. The first-order chi connectivity index (χ1) is 16.3. The van der Waals surface area contributed by atoms with Crippen molar-refractivity contribution < 1.29 is 32.6 Å². The van der Waals surface area contributed by atoms with E-state index in [1.54, 1.807) is 30.3 Å². The van der Waals surface area contributed by atoms with Gasteiger partial charge in [0.15, 0.2) is 0 Å². The van der Waals surface area contributed by atoms with Crippen LogP contribution in [0.5, 0.6) is 5.75 Å². The van der Waals surface area contributed by atoms with Crippen molar-refractivity contribution in [3.8, 4) is 5.75 Å². The Hall–Kier alpha value is -2.99. The molecule has 184 valence electrons. The number of aliphatic carboxylic acids is 1. The lowest BCUT2D eigenvalue weighted by Gasteiger charge is -2.22. The molecule has 0 saturated carbocycles. The van der Waals surface area contributed by atoms with Gasteiger partial charge in [-0.1, -0.05) is 18.2 Å². The van der Waals surface area contributed by atoms with E-state index in [-0.39, 0.29) is 16.6 Å². The molecule has 1 amide bonds. The van der Waals surface area contributed by atoms with Crippen LogP contribution in [0, 0.1) is 0 Å². The molecule has 11 heteroatoms. The van der Waals surface area contributed by atoms with Crippen molar-refractivity contribution in [1.82, 2.24) is 15.4 Å². The van der Waals surface area contributed by atoms with Gasteiger partial charge in [0.2, 0.25) is 10.0 Å². The molecule has 0 bridgehead atoms. The number of carboxylic acids is 1. The molecule has 1 fully saturated rings. The van der Waals surface area contributed by atoms with E-state index in [0.29, 0.717) is 19.0 Å². The SMILES string of the molecule is O=C(NC[C@H](NS(=O)(=O)c1ccccc1)C(=O)O)c1ccc(OCCOC2CCNCC2)cc1. The summed E-state index contributed by atoms with van der Waals surface area (Å²) in [5.74, 6) is -1.37. The third-order valence-corrected chi connectivity index (χ3v) is 6.71. The van der Waals surface area contributed by atoms with Gasteiger partial charge < -0.3 is 25.2 Å². The van der Waals surface area contributed by atoms with Crippen molar-refractivity contribution in [2.24, 2.45) is 0 Å². The summed E-state index contributed by atoms with van der Waals surface area (Å²) in [5, 5.41) is 15.1. The average Bonchev–Trinajstić information content (AvgIpc) is 2.85. The number of ether oxygens (including phenoxy) is 2. The minimum Gasteiger partial charge on any atom is -0.491 e. The molecule has 1 aliphatic heterocycles. The van der Waals surface area contributed by atoms with Crippen LogP contribution in [0.1, 0.15) is 23.2 Å². The molecule has 2 aromatic rings. The van der Waals surface area contributed by atoms with E-state index in [4.69, 9.17) is 9.47 Å². The molecule has 4 N–H and O–H groups in total. The smallest absolute Gasteiger partial charge is 0.323 e. The number of amides is 1. The summed E-state index contributed by atoms with van der Waals surface area (Å²) < 4.78 is 38.3. The topological polar surface area (TPSA) is 143 Å². The second-order valence-corrected chi connectivity index (χ2v) is 9.44. The lowest BCUT2D eigenvalue weighted by molar-refractivity contribution is -0.138. The summed E-state index contributed by atoms with van der Waals surface area (Å²) in [4.78, 5) is 23.9. The first-order valence-electron chi connectivity index (χ1n) is 11.0. The van der Waals surface area contributed by atoms with E-state index in [1.807, 2.05) is 0 Å². The second-order valence-electron chi connectivity index (χ2n) is 7.73. The number of carbonyl (C=O) groups excluding carboxylic acids is 1. The zero-order valence-electron chi connectivity index (χ0n) is 18.6. The quantitative estimate of drug-likeness (QED) is 0.322. The van der Waals surface area contributed by atoms with E-state index in [0.717, 1.165) is 25.9 Å². The number of carboxylic acid groups (broad SMARTS) is 1. The molecule has 0 radical (unpaired) electrons. The Labute approximate surface area is 198 Å². The van der Waals surface area contributed by atoms with Crippen molar-refractivity contribution in [3.63, 3.8) is 0 Å². The minimum absolute atomic E-state index is 0.0654. The molecule has 0 spiro atoms. The van der Waals surface area contributed by atoms with Crippen LogP contribution in [0.3, 0.4) is 0 Å². The van der Waals surface area contributed by atoms with E-state index >= 15 is 0 Å². The predicted octanol–water partition coefficient (Wildman–Crippen LogP) is 0.996. The van der Waals surface area contributed by atoms with Gasteiger partial charge in [-0.2, -0.15) is 4.72 Å². The number of benzene rings is 2. The molecule has 0 aromatic heterocycles. The van der Waals surface area contributed by atoms with Gasteiger partial charge in [-0.3, -0.25) is 9.59 Å². The summed E-state index contributed by atoms with van der Waals surface area (Å²) in [6.07, 6.45) is 2.23. The fourth-order valence-electron chi connectivity index (χ4n) is 3.37. The summed E-state index contributed by atoms with van der Waals surface area (Å²) in [7, 11) is -4.05. The zero-order valence-corrected chi connectivity index (χ0v) is 19.4. The van der Waals surface area contributed by atoms with Crippen LogP contribution >= 0.6 is 0 Å². The zero-order chi connectivity index (χ0) is 24.4.